The summed E-state index contributed by atoms with van der Waals surface area (Å²) in [4.78, 5) is 0. The summed E-state index contributed by atoms with van der Waals surface area (Å²) in [5, 5.41) is 12.0. The molecule has 1 aromatic heterocycles. The van der Waals surface area contributed by atoms with Gasteiger partial charge in [0, 0.05) is 11.6 Å². The lowest BCUT2D eigenvalue weighted by molar-refractivity contribution is -0.287. The summed E-state index contributed by atoms with van der Waals surface area (Å²) in [6.07, 6.45) is 0.981. The largest absolute Gasteiger partial charge is 0.394 e. The van der Waals surface area contributed by atoms with E-state index in [2.05, 4.69) is 90.5 Å². The fraction of sp³-hybridized carbons (Fsp3) is 0.273. The van der Waals surface area contributed by atoms with Crippen LogP contribution in [0.25, 0.3) is 10.9 Å². The first-order chi connectivity index (χ1) is 24.7. The maximum Gasteiger partial charge on any atom is 0.163 e. The number of aromatic nitrogens is 1. The number of ether oxygens (including phenoxy) is 4. The molecule has 0 bridgehead atoms. The van der Waals surface area contributed by atoms with Gasteiger partial charge in [-0.3, -0.25) is 0 Å². The third-order valence-corrected chi connectivity index (χ3v) is 9.57. The normalized spacial score (nSPS) is 20.6. The number of aliphatic hydroxyl groups excluding tert-OH is 1. The quantitative estimate of drug-likeness (QED) is 0.126. The van der Waals surface area contributed by atoms with Crippen LogP contribution in [0.1, 0.15) is 46.5 Å². The van der Waals surface area contributed by atoms with Crippen LogP contribution in [0.4, 0.5) is 0 Å². The topological polar surface area (TPSA) is 62.1 Å². The molecule has 0 radical (unpaired) electrons. The number of hydrogen-bond acceptors (Lipinski definition) is 5. The number of hydrogen-bond donors (Lipinski definition) is 1. The second kappa shape index (κ2) is 16.4. The molecular weight excluding hydrogens is 622 g/mol. The first-order valence-electron chi connectivity index (χ1n) is 17.6. The smallest absolute Gasteiger partial charge is 0.163 e. The van der Waals surface area contributed by atoms with Crippen LogP contribution >= 0.6 is 0 Å². The van der Waals surface area contributed by atoms with Crippen molar-refractivity contribution in [3.8, 4) is 0 Å². The van der Waals surface area contributed by atoms with Crippen LogP contribution < -0.4 is 0 Å². The Bertz CT molecular complexity index is 1910. The van der Waals surface area contributed by atoms with E-state index < -0.39 is 30.6 Å². The molecular formula is C44H45NO5. The van der Waals surface area contributed by atoms with E-state index in [1.165, 1.54) is 16.7 Å². The number of fused-ring (bicyclic) bond motifs is 1. The molecule has 5 aromatic carbocycles. The molecule has 6 nitrogen and oxygen atoms in total. The monoisotopic (exact) mass is 667 g/mol. The van der Waals surface area contributed by atoms with Crippen molar-refractivity contribution in [2.45, 2.75) is 70.2 Å². The Morgan fingerprint density at radius 1 is 0.560 bits per heavy atom. The van der Waals surface area contributed by atoms with Gasteiger partial charge in [0.15, 0.2) is 6.23 Å². The molecule has 5 atom stereocenters. The molecule has 1 saturated heterocycles. The van der Waals surface area contributed by atoms with Gasteiger partial charge in [0.1, 0.15) is 24.4 Å². The SMILES string of the molecule is CCc1ccc(Cc2cn([C@@H]3O[C@H](CO)[C@@H](OCc4ccccc4)[C@H](OCc4ccccc4)[C@H]3OCc3ccccc3)c3ccccc23)cc1. The number of aryl methyl sites for hydroxylation is 1. The Morgan fingerprint density at radius 3 is 1.62 bits per heavy atom. The third-order valence-electron chi connectivity index (χ3n) is 9.57. The summed E-state index contributed by atoms with van der Waals surface area (Å²) in [5.74, 6) is 0. The number of aliphatic hydroxyl groups is 1. The molecule has 7 rings (SSSR count). The Kier molecular flexibility index (Phi) is 11.1. The maximum atomic E-state index is 10.9. The van der Waals surface area contributed by atoms with Gasteiger partial charge in [-0.25, -0.2) is 0 Å². The van der Waals surface area contributed by atoms with Crippen molar-refractivity contribution in [2.75, 3.05) is 6.61 Å². The molecule has 6 aromatic rings. The Hall–Kier alpha value is -4.56. The van der Waals surface area contributed by atoms with E-state index in [1.807, 2.05) is 66.7 Å². The summed E-state index contributed by atoms with van der Waals surface area (Å²) in [6, 6.07) is 47.6. The molecule has 1 fully saturated rings. The van der Waals surface area contributed by atoms with Crippen LogP contribution in [-0.4, -0.2) is 40.7 Å². The van der Waals surface area contributed by atoms with Crippen molar-refractivity contribution < 1.29 is 24.1 Å². The molecule has 0 aliphatic carbocycles. The fourth-order valence-electron chi connectivity index (χ4n) is 6.88. The van der Waals surface area contributed by atoms with E-state index in [0.29, 0.717) is 19.8 Å². The summed E-state index contributed by atoms with van der Waals surface area (Å²) >= 11 is 0. The van der Waals surface area contributed by atoms with Crippen LogP contribution in [0.5, 0.6) is 0 Å². The zero-order valence-electron chi connectivity index (χ0n) is 28.5. The summed E-state index contributed by atoms with van der Waals surface area (Å²) < 4.78 is 29.4. The number of para-hydroxylation sites is 1. The molecule has 0 amide bonds. The zero-order chi connectivity index (χ0) is 34.1. The number of nitrogens with zero attached hydrogens (tertiary/aromatic N) is 1. The van der Waals surface area contributed by atoms with Crippen LogP contribution in [0.3, 0.4) is 0 Å². The van der Waals surface area contributed by atoms with Crippen LogP contribution in [0.2, 0.25) is 0 Å². The van der Waals surface area contributed by atoms with E-state index in [-0.39, 0.29) is 6.61 Å². The highest BCUT2D eigenvalue weighted by atomic mass is 16.6. The van der Waals surface area contributed by atoms with E-state index in [1.54, 1.807) is 0 Å². The molecule has 1 N–H and O–H groups in total. The minimum atomic E-state index is -0.660. The lowest BCUT2D eigenvalue weighted by atomic mass is 9.96. The van der Waals surface area contributed by atoms with Gasteiger partial charge in [0.05, 0.1) is 31.9 Å². The van der Waals surface area contributed by atoms with Gasteiger partial charge in [0.25, 0.3) is 0 Å². The Morgan fingerprint density at radius 2 is 1.06 bits per heavy atom. The molecule has 1 aliphatic rings. The minimum absolute atomic E-state index is 0.234. The number of rotatable bonds is 14. The zero-order valence-corrected chi connectivity index (χ0v) is 28.5. The average Bonchev–Trinajstić information content (AvgIpc) is 3.54. The molecule has 0 unspecified atom stereocenters. The van der Waals surface area contributed by atoms with Crippen molar-refractivity contribution in [1.82, 2.24) is 4.57 Å². The van der Waals surface area contributed by atoms with Crippen molar-refractivity contribution in [3.63, 3.8) is 0 Å². The van der Waals surface area contributed by atoms with Gasteiger partial charge in [0.2, 0.25) is 0 Å². The Balaban J connectivity index is 1.28. The van der Waals surface area contributed by atoms with Crippen molar-refractivity contribution in [2.24, 2.45) is 0 Å². The average molecular weight is 668 g/mol. The Labute approximate surface area is 294 Å². The molecule has 1 aliphatic heterocycles. The molecule has 0 spiro atoms. The summed E-state index contributed by atoms with van der Waals surface area (Å²) in [5.41, 5.74) is 7.93. The first kappa shape index (κ1) is 33.9. The lowest BCUT2D eigenvalue weighted by Gasteiger charge is -2.46. The van der Waals surface area contributed by atoms with Crippen molar-refractivity contribution >= 4 is 10.9 Å². The van der Waals surface area contributed by atoms with Gasteiger partial charge in [-0.2, -0.15) is 0 Å². The van der Waals surface area contributed by atoms with E-state index in [0.717, 1.165) is 40.4 Å². The highest BCUT2D eigenvalue weighted by Crippen LogP contribution is 2.38. The number of benzene rings is 5. The predicted molar refractivity (Wildman–Crippen MR) is 197 cm³/mol. The van der Waals surface area contributed by atoms with Gasteiger partial charge >= 0.3 is 0 Å². The van der Waals surface area contributed by atoms with E-state index in [4.69, 9.17) is 18.9 Å². The van der Waals surface area contributed by atoms with Crippen molar-refractivity contribution in [1.29, 1.82) is 0 Å². The molecule has 6 heteroatoms. The van der Waals surface area contributed by atoms with Crippen molar-refractivity contribution in [3.05, 3.63) is 179 Å². The highest BCUT2D eigenvalue weighted by Gasteiger charge is 2.49. The highest BCUT2D eigenvalue weighted by molar-refractivity contribution is 5.84. The molecule has 2 heterocycles. The molecule has 50 heavy (non-hydrogen) atoms. The lowest BCUT2D eigenvalue weighted by Crippen LogP contribution is -2.59. The van der Waals surface area contributed by atoms with Gasteiger partial charge in [-0.1, -0.05) is 140 Å². The second-order valence-corrected chi connectivity index (χ2v) is 13.0. The van der Waals surface area contributed by atoms with Gasteiger partial charge in [-0.15, -0.1) is 0 Å². The van der Waals surface area contributed by atoms with Crippen LogP contribution in [0, 0.1) is 0 Å². The second-order valence-electron chi connectivity index (χ2n) is 13.0. The van der Waals surface area contributed by atoms with Crippen LogP contribution in [-0.2, 0) is 51.6 Å². The molecule has 0 saturated carbocycles. The van der Waals surface area contributed by atoms with Gasteiger partial charge in [-0.05, 0) is 52.3 Å². The predicted octanol–water partition coefficient (Wildman–Crippen LogP) is 8.44. The van der Waals surface area contributed by atoms with Crippen LogP contribution in [0.15, 0.2) is 146 Å². The van der Waals surface area contributed by atoms with Gasteiger partial charge < -0.3 is 28.6 Å². The molecule has 256 valence electrons. The maximum absolute atomic E-state index is 10.9. The minimum Gasteiger partial charge on any atom is -0.394 e. The fourth-order valence-corrected chi connectivity index (χ4v) is 6.88. The standard InChI is InChI=1S/C44H45NO5/c1-2-32-22-24-33(25-23-32)26-37-27-45(39-21-13-12-20-38(37)39)44-43(49-31-36-18-10-5-11-19-36)42(48-30-35-16-8-4-9-17-35)41(40(28-46)50-44)47-29-34-14-6-3-7-15-34/h3-25,27,40-44,46H,2,26,28-31H2,1H3/t40-,41-,42+,43-,44-/m1/s1. The first-order valence-corrected chi connectivity index (χ1v) is 17.6. The van der Waals surface area contributed by atoms with E-state index >= 15 is 0 Å². The van der Waals surface area contributed by atoms with E-state index in [9.17, 15) is 5.11 Å². The summed E-state index contributed by atoms with van der Waals surface area (Å²) in [7, 11) is 0. The summed E-state index contributed by atoms with van der Waals surface area (Å²) in [6.45, 7) is 3.01. The third kappa shape index (κ3) is 7.91.